The summed E-state index contributed by atoms with van der Waals surface area (Å²) in [6.07, 6.45) is 0.913. The summed E-state index contributed by atoms with van der Waals surface area (Å²) in [4.78, 5) is 23.0. The third kappa shape index (κ3) is 6.76. The Morgan fingerprint density at radius 3 is 2.48 bits per heavy atom. The van der Waals surface area contributed by atoms with Crippen LogP contribution in [0, 0.1) is 0 Å². The number of benzene rings is 1. The average molecular weight is 294 g/mol. The highest BCUT2D eigenvalue weighted by Gasteiger charge is 2.20. The average Bonchev–Trinajstić information content (AvgIpc) is 2.45. The first-order chi connectivity index (χ1) is 10.0. The molecular weight excluding hydrogens is 272 g/mol. The molecule has 0 radical (unpaired) electrons. The maximum Gasteiger partial charge on any atom is 0.326 e. The summed E-state index contributed by atoms with van der Waals surface area (Å²) in [5.41, 5.74) is 0.859. The number of nitrogens with one attached hydrogen (secondary N) is 2. The van der Waals surface area contributed by atoms with Gasteiger partial charge >= 0.3 is 12.0 Å². The highest BCUT2D eigenvalue weighted by molar-refractivity contribution is 5.82. The highest BCUT2D eigenvalue weighted by Crippen LogP contribution is 2.03. The number of carboxylic acids is 1. The fraction of sp³-hybridized carbons (Fsp3) is 0.467. The second-order valence-corrected chi connectivity index (χ2v) is 4.88. The molecule has 116 valence electrons. The van der Waals surface area contributed by atoms with Gasteiger partial charge in [0.1, 0.15) is 6.04 Å². The van der Waals surface area contributed by atoms with E-state index in [1.165, 1.54) is 0 Å². The maximum absolute atomic E-state index is 11.8. The van der Waals surface area contributed by atoms with Gasteiger partial charge < -0.3 is 20.5 Å². The molecule has 0 saturated heterocycles. The monoisotopic (exact) mass is 294 g/mol. The number of rotatable bonds is 8. The number of aliphatic carboxylic acids is 1. The molecule has 0 saturated carbocycles. The van der Waals surface area contributed by atoms with Crippen molar-refractivity contribution in [2.24, 2.45) is 0 Å². The predicted octanol–water partition coefficient (Wildman–Crippen LogP) is 1.41. The molecule has 1 rings (SSSR count). The van der Waals surface area contributed by atoms with Gasteiger partial charge in [0.25, 0.3) is 0 Å². The number of hydrogen-bond acceptors (Lipinski definition) is 3. The quantitative estimate of drug-likeness (QED) is 0.676. The van der Waals surface area contributed by atoms with Crippen LogP contribution >= 0.6 is 0 Å². The Labute approximate surface area is 124 Å². The first kappa shape index (κ1) is 17.0. The van der Waals surface area contributed by atoms with Gasteiger partial charge in [-0.2, -0.15) is 0 Å². The second kappa shape index (κ2) is 8.97. The molecule has 0 spiro atoms. The minimum absolute atomic E-state index is 0.0869. The molecule has 1 aromatic rings. The standard InChI is InChI=1S/C15H22N2O4/c1-11(8-9-21-2)16-15(20)17-13(14(18)19)10-12-6-4-3-5-7-12/h3-7,11,13H,8-10H2,1-2H3,(H,18,19)(H2,16,17,20). The highest BCUT2D eigenvalue weighted by atomic mass is 16.5. The van der Waals surface area contributed by atoms with Crippen LogP contribution in [0.5, 0.6) is 0 Å². The third-order valence-corrected chi connectivity index (χ3v) is 3.02. The molecule has 2 unspecified atom stereocenters. The number of carboxylic acid groups (broad SMARTS) is 1. The number of carbonyl (C=O) groups excluding carboxylic acids is 1. The van der Waals surface area contributed by atoms with Crippen LogP contribution in [-0.4, -0.2) is 42.9 Å². The van der Waals surface area contributed by atoms with Crippen molar-refractivity contribution in [3.63, 3.8) is 0 Å². The number of carbonyl (C=O) groups is 2. The molecule has 1 aromatic carbocycles. The van der Waals surface area contributed by atoms with Crippen LogP contribution in [0.1, 0.15) is 18.9 Å². The van der Waals surface area contributed by atoms with E-state index in [2.05, 4.69) is 10.6 Å². The van der Waals surface area contributed by atoms with Crippen molar-refractivity contribution in [3.8, 4) is 0 Å². The number of ether oxygens (including phenoxy) is 1. The normalized spacial score (nSPS) is 13.2. The Hall–Kier alpha value is -2.08. The Morgan fingerprint density at radius 1 is 1.24 bits per heavy atom. The third-order valence-electron chi connectivity index (χ3n) is 3.02. The largest absolute Gasteiger partial charge is 0.480 e. The Kier molecular flexibility index (Phi) is 7.25. The summed E-state index contributed by atoms with van der Waals surface area (Å²) in [6.45, 7) is 2.37. The lowest BCUT2D eigenvalue weighted by Crippen LogP contribution is -2.49. The minimum atomic E-state index is -1.06. The summed E-state index contributed by atoms with van der Waals surface area (Å²) < 4.78 is 4.93. The van der Waals surface area contributed by atoms with E-state index in [-0.39, 0.29) is 12.5 Å². The van der Waals surface area contributed by atoms with Gasteiger partial charge in [0, 0.05) is 26.2 Å². The summed E-state index contributed by atoms with van der Waals surface area (Å²) in [5, 5.41) is 14.4. The zero-order valence-corrected chi connectivity index (χ0v) is 12.3. The molecule has 0 aliphatic rings. The van der Waals surface area contributed by atoms with Crippen LogP contribution in [0.2, 0.25) is 0 Å². The first-order valence-corrected chi connectivity index (χ1v) is 6.85. The Balaban J connectivity index is 2.50. The van der Waals surface area contributed by atoms with Gasteiger partial charge in [-0.3, -0.25) is 0 Å². The molecule has 2 amide bonds. The fourth-order valence-electron chi connectivity index (χ4n) is 1.84. The van der Waals surface area contributed by atoms with E-state index in [0.29, 0.717) is 13.0 Å². The van der Waals surface area contributed by atoms with Crippen molar-refractivity contribution in [1.29, 1.82) is 0 Å². The number of methoxy groups -OCH3 is 1. The van der Waals surface area contributed by atoms with E-state index in [1.807, 2.05) is 37.3 Å². The SMILES string of the molecule is COCCC(C)NC(=O)NC(Cc1ccccc1)C(=O)O. The van der Waals surface area contributed by atoms with Crippen molar-refractivity contribution in [2.45, 2.75) is 31.8 Å². The van der Waals surface area contributed by atoms with E-state index in [4.69, 9.17) is 4.74 Å². The van der Waals surface area contributed by atoms with E-state index in [0.717, 1.165) is 5.56 Å². The van der Waals surface area contributed by atoms with E-state index in [9.17, 15) is 14.7 Å². The number of amides is 2. The summed E-state index contributed by atoms with van der Waals surface area (Å²) >= 11 is 0. The van der Waals surface area contributed by atoms with Crippen molar-refractivity contribution in [1.82, 2.24) is 10.6 Å². The summed E-state index contributed by atoms with van der Waals surface area (Å²) in [7, 11) is 1.59. The van der Waals surface area contributed by atoms with Gasteiger partial charge in [0.2, 0.25) is 0 Å². The zero-order valence-electron chi connectivity index (χ0n) is 12.3. The van der Waals surface area contributed by atoms with Crippen molar-refractivity contribution < 1.29 is 19.4 Å². The van der Waals surface area contributed by atoms with E-state index >= 15 is 0 Å². The fourth-order valence-corrected chi connectivity index (χ4v) is 1.84. The first-order valence-electron chi connectivity index (χ1n) is 6.85. The topological polar surface area (TPSA) is 87.7 Å². The minimum Gasteiger partial charge on any atom is -0.480 e. The van der Waals surface area contributed by atoms with Crippen LogP contribution in [-0.2, 0) is 16.0 Å². The van der Waals surface area contributed by atoms with Gasteiger partial charge in [0.15, 0.2) is 0 Å². The summed E-state index contributed by atoms with van der Waals surface area (Å²) in [5.74, 6) is -1.06. The molecular formula is C15H22N2O4. The van der Waals surface area contributed by atoms with Crippen LogP contribution in [0.4, 0.5) is 4.79 Å². The molecule has 0 heterocycles. The van der Waals surface area contributed by atoms with Crippen LogP contribution in [0.25, 0.3) is 0 Å². The summed E-state index contributed by atoms with van der Waals surface area (Å²) in [6, 6.07) is 7.66. The molecule has 0 fully saturated rings. The molecule has 0 aliphatic heterocycles. The lowest BCUT2D eigenvalue weighted by Gasteiger charge is -2.18. The van der Waals surface area contributed by atoms with Crippen molar-refractivity contribution >= 4 is 12.0 Å². The molecule has 6 heteroatoms. The van der Waals surface area contributed by atoms with Gasteiger partial charge in [-0.05, 0) is 18.9 Å². The number of hydrogen-bond donors (Lipinski definition) is 3. The van der Waals surface area contributed by atoms with Gasteiger partial charge in [-0.25, -0.2) is 9.59 Å². The van der Waals surface area contributed by atoms with Gasteiger partial charge in [-0.15, -0.1) is 0 Å². The molecule has 0 aromatic heterocycles. The van der Waals surface area contributed by atoms with Crippen LogP contribution in [0.15, 0.2) is 30.3 Å². The number of urea groups is 1. The molecule has 21 heavy (non-hydrogen) atoms. The van der Waals surface area contributed by atoms with Crippen LogP contribution < -0.4 is 10.6 Å². The molecule has 2 atom stereocenters. The molecule has 3 N–H and O–H groups in total. The van der Waals surface area contributed by atoms with Crippen molar-refractivity contribution in [3.05, 3.63) is 35.9 Å². The lowest BCUT2D eigenvalue weighted by atomic mass is 10.1. The predicted molar refractivity (Wildman–Crippen MR) is 79.2 cm³/mol. The zero-order chi connectivity index (χ0) is 15.7. The maximum atomic E-state index is 11.8. The lowest BCUT2D eigenvalue weighted by molar-refractivity contribution is -0.139. The van der Waals surface area contributed by atoms with E-state index < -0.39 is 18.0 Å². The van der Waals surface area contributed by atoms with Gasteiger partial charge in [-0.1, -0.05) is 30.3 Å². The van der Waals surface area contributed by atoms with Crippen molar-refractivity contribution in [2.75, 3.05) is 13.7 Å². The second-order valence-electron chi connectivity index (χ2n) is 4.88. The molecule has 6 nitrogen and oxygen atoms in total. The van der Waals surface area contributed by atoms with E-state index in [1.54, 1.807) is 7.11 Å². The smallest absolute Gasteiger partial charge is 0.326 e. The molecule has 0 aliphatic carbocycles. The Bertz CT molecular complexity index is 450. The Morgan fingerprint density at radius 2 is 1.90 bits per heavy atom. The van der Waals surface area contributed by atoms with Crippen LogP contribution in [0.3, 0.4) is 0 Å². The molecule has 0 bridgehead atoms. The van der Waals surface area contributed by atoms with Gasteiger partial charge in [0.05, 0.1) is 0 Å².